The Labute approximate surface area is 176 Å². The molecule has 2 aromatic carbocycles. The first kappa shape index (κ1) is 20.7. The van der Waals surface area contributed by atoms with Crippen molar-refractivity contribution in [1.29, 1.82) is 0 Å². The number of carbonyl (C=O) groups is 2. The highest BCUT2D eigenvalue weighted by molar-refractivity contribution is 8.00. The van der Waals surface area contributed by atoms with Gasteiger partial charge >= 0.3 is 12.1 Å². The molecule has 2 amide bonds. The van der Waals surface area contributed by atoms with Crippen LogP contribution >= 0.6 is 11.8 Å². The van der Waals surface area contributed by atoms with Crippen LogP contribution in [0.15, 0.2) is 42.6 Å². The van der Waals surface area contributed by atoms with Gasteiger partial charge in [-0.25, -0.2) is 15.0 Å². The van der Waals surface area contributed by atoms with Gasteiger partial charge in [-0.1, -0.05) is 0 Å². The smallest absolute Gasteiger partial charge is 0.416 e. The van der Waals surface area contributed by atoms with Crippen LogP contribution in [0.4, 0.5) is 13.2 Å². The van der Waals surface area contributed by atoms with E-state index in [9.17, 15) is 33.0 Å². The minimum absolute atomic E-state index is 0.0318. The predicted molar refractivity (Wildman–Crippen MR) is 104 cm³/mol. The lowest BCUT2D eigenvalue weighted by atomic mass is 10.1. The number of nitrogens with zero attached hydrogens (tertiary/aromatic N) is 3. The van der Waals surface area contributed by atoms with Gasteiger partial charge < -0.3 is 10.2 Å². The quantitative estimate of drug-likeness (QED) is 0.562. The lowest BCUT2D eigenvalue weighted by Gasteiger charge is -2.24. The molecule has 12 heteroatoms. The number of phenols is 2. The zero-order valence-electron chi connectivity index (χ0n) is 15.4. The number of halogens is 3. The monoisotopic (exact) mass is 450 g/mol. The normalized spacial score (nSPS) is 16.7. The Balaban J connectivity index is 1.58. The molecule has 31 heavy (non-hydrogen) atoms. The Morgan fingerprint density at radius 2 is 1.97 bits per heavy atom. The topological polar surface area (TPSA) is 116 Å². The molecule has 3 N–H and O–H groups in total. The van der Waals surface area contributed by atoms with Crippen molar-refractivity contribution >= 4 is 34.5 Å². The molecule has 0 aliphatic carbocycles. The third-order valence-corrected chi connectivity index (χ3v) is 5.67. The molecule has 2 heterocycles. The first-order valence-corrected chi connectivity index (χ1v) is 9.79. The molecule has 1 unspecified atom stereocenters. The zero-order chi connectivity index (χ0) is 22.3. The van der Waals surface area contributed by atoms with Crippen LogP contribution in [-0.2, 0) is 11.0 Å². The summed E-state index contributed by atoms with van der Waals surface area (Å²) >= 11 is 1.15. The Morgan fingerprint density at radius 3 is 2.68 bits per heavy atom. The van der Waals surface area contributed by atoms with E-state index in [1.165, 1.54) is 12.1 Å². The van der Waals surface area contributed by atoms with E-state index >= 15 is 0 Å². The SMILES string of the molecule is O=C(NN1C(=O)CSC1c1ccc(O)cc1O)c1ncc2cc(C(F)(F)F)ccc2n1. The average Bonchev–Trinajstić information content (AvgIpc) is 3.06. The van der Waals surface area contributed by atoms with Crippen LogP contribution in [0, 0.1) is 0 Å². The van der Waals surface area contributed by atoms with Crippen LogP contribution in [-0.4, -0.2) is 42.8 Å². The summed E-state index contributed by atoms with van der Waals surface area (Å²) in [6.07, 6.45) is -3.43. The number of carbonyl (C=O) groups excluding carboxylic acids is 2. The maximum absolute atomic E-state index is 12.8. The van der Waals surface area contributed by atoms with E-state index in [0.717, 1.165) is 47.2 Å². The van der Waals surface area contributed by atoms with Gasteiger partial charge in [-0.05, 0) is 30.3 Å². The van der Waals surface area contributed by atoms with Gasteiger partial charge in [0.25, 0.3) is 5.91 Å². The van der Waals surface area contributed by atoms with Gasteiger partial charge in [0.05, 0.1) is 16.8 Å². The molecule has 0 saturated carbocycles. The van der Waals surface area contributed by atoms with Gasteiger partial charge in [0.2, 0.25) is 5.82 Å². The van der Waals surface area contributed by atoms with E-state index in [1.807, 2.05) is 0 Å². The van der Waals surface area contributed by atoms with E-state index in [0.29, 0.717) is 5.56 Å². The van der Waals surface area contributed by atoms with Crippen molar-refractivity contribution in [2.24, 2.45) is 0 Å². The van der Waals surface area contributed by atoms with E-state index in [4.69, 9.17) is 0 Å². The fourth-order valence-electron chi connectivity index (χ4n) is 2.99. The molecule has 0 bridgehead atoms. The molecular formula is C19H13F3N4O4S. The van der Waals surface area contributed by atoms with Crippen LogP contribution in [0.1, 0.15) is 27.1 Å². The van der Waals surface area contributed by atoms with Crippen LogP contribution in [0.2, 0.25) is 0 Å². The van der Waals surface area contributed by atoms with Crippen molar-refractivity contribution in [3.63, 3.8) is 0 Å². The second kappa shape index (κ2) is 7.61. The summed E-state index contributed by atoms with van der Waals surface area (Å²) in [5.74, 6) is -2.01. The molecular weight excluding hydrogens is 437 g/mol. The Hall–Kier alpha value is -3.54. The number of aromatic nitrogens is 2. The fourth-order valence-corrected chi connectivity index (χ4v) is 4.13. The highest BCUT2D eigenvalue weighted by Crippen LogP contribution is 2.42. The van der Waals surface area contributed by atoms with Gasteiger partial charge in [-0.2, -0.15) is 13.2 Å². The molecule has 1 fully saturated rings. The molecule has 160 valence electrons. The Morgan fingerprint density at radius 1 is 1.19 bits per heavy atom. The number of hydrogen-bond acceptors (Lipinski definition) is 7. The second-order valence-corrected chi connectivity index (χ2v) is 7.64. The molecule has 1 aromatic heterocycles. The highest BCUT2D eigenvalue weighted by atomic mass is 32.2. The van der Waals surface area contributed by atoms with Crippen LogP contribution in [0.3, 0.4) is 0 Å². The van der Waals surface area contributed by atoms with Gasteiger partial charge in [-0.3, -0.25) is 15.0 Å². The minimum Gasteiger partial charge on any atom is -0.508 e. The summed E-state index contributed by atoms with van der Waals surface area (Å²) in [4.78, 5) is 32.7. The van der Waals surface area contributed by atoms with Gasteiger partial charge in [0.1, 0.15) is 16.9 Å². The number of alkyl halides is 3. The Bertz CT molecular complexity index is 1200. The van der Waals surface area contributed by atoms with Crippen molar-refractivity contribution in [3.05, 3.63) is 59.5 Å². The third kappa shape index (κ3) is 4.06. The van der Waals surface area contributed by atoms with Crippen molar-refractivity contribution in [3.8, 4) is 11.5 Å². The number of phenolic OH excluding ortho intramolecular Hbond substituents is 2. The highest BCUT2D eigenvalue weighted by Gasteiger charge is 2.36. The summed E-state index contributed by atoms with van der Waals surface area (Å²) in [6.45, 7) is 0. The van der Waals surface area contributed by atoms with Crippen molar-refractivity contribution in [2.45, 2.75) is 11.6 Å². The molecule has 1 aliphatic rings. The second-order valence-electron chi connectivity index (χ2n) is 6.58. The summed E-state index contributed by atoms with van der Waals surface area (Å²) < 4.78 is 38.5. The summed E-state index contributed by atoms with van der Waals surface area (Å²) in [6, 6.07) is 6.72. The van der Waals surface area contributed by atoms with Crippen molar-refractivity contribution in [1.82, 2.24) is 20.4 Å². The van der Waals surface area contributed by atoms with Crippen LogP contribution < -0.4 is 5.43 Å². The molecule has 0 spiro atoms. The number of nitrogens with one attached hydrogen (secondary N) is 1. The number of benzene rings is 2. The number of thioether (sulfide) groups is 1. The molecule has 1 aliphatic heterocycles. The van der Waals surface area contributed by atoms with Gasteiger partial charge in [0, 0.05) is 23.2 Å². The van der Waals surface area contributed by atoms with E-state index in [-0.39, 0.29) is 34.0 Å². The average molecular weight is 450 g/mol. The van der Waals surface area contributed by atoms with E-state index in [2.05, 4.69) is 15.4 Å². The predicted octanol–water partition coefficient (Wildman–Crippen LogP) is 2.98. The largest absolute Gasteiger partial charge is 0.508 e. The van der Waals surface area contributed by atoms with E-state index in [1.54, 1.807) is 0 Å². The van der Waals surface area contributed by atoms with Gasteiger partial charge in [-0.15, -0.1) is 11.8 Å². The van der Waals surface area contributed by atoms with Crippen molar-refractivity contribution < 1.29 is 33.0 Å². The first-order valence-electron chi connectivity index (χ1n) is 8.74. The lowest BCUT2D eigenvalue weighted by Crippen LogP contribution is -2.45. The number of hydrazine groups is 1. The molecule has 8 nitrogen and oxygen atoms in total. The lowest BCUT2D eigenvalue weighted by molar-refractivity contribution is -0.137. The minimum atomic E-state index is -4.52. The number of aromatic hydroxyl groups is 2. The molecule has 1 atom stereocenters. The summed E-state index contributed by atoms with van der Waals surface area (Å²) in [5, 5.41) is 19.9. The van der Waals surface area contributed by atoms with E-state index < -0.39 is 28.9 Å². The first-order chi connectivity index (χ1) is 14.6. The molecule has 1 saturated heterocycles. The maximum Gasteiger partial charge on any atom is 0.416 e. The number of fused-ring (bicyclic) bond motifs is 1. The van der Waals surface area contributed by atoms with Crippen LogP contribution in [0.5, 0.6) is 11.5 Å². The Kier molecular flexibility index (Phi) is 5.09. The number of hydrogen-bond donors (Lipinski definition) is 3. The summed E-state index contributed by atoms with van der Waals surface area (Å²) in [7, 11) is 0. The van der Waals surface area contributed by atoms with Crippen molar-refractivity contribution in [2.75, 3.05) is 5.75 Å². The fraction of sp³-hybridized carbons (Fsp3) is 0.158. The van der Waals surface area contributed by atoms with Crippen LogP contribution in [0.25, 0.3) is 10.9 Å². The molecule has 4 rings (SSSR count). The zero-order valence-corrected chi connectivity index (χ0v) is 16.2. The molecule has 0 radical (unpaired) electrons. The summed E-state index contributed by atoms with van der Waals surface area (Å²) in [5.41, 5.74) is 1.94. The standard InChI is InChI=1S/C19H13F3N4O4S/c20-19(21,22)10-1-4-13-9(5-10)7-23-16(24-13)17(30)25-26-15(29)8-31-18(26)12-3-2-11(27)6-14(12)28/h1-7,18,27-28H,8H2,(H,25,30). The number of rotatable bonds is 3. The third-order valence-electron chi connectivity index (χ3n) is 4.48. The maximum atomic E-state index is 12.8. The number of amides is 2. The van der Waals surface area contributed by atoms with Gasteiger partial charge in [0.15, 0.2) is 0 Å². The molecule has 3 aromatic rings.